The molecule has 1 fully saturated rings. The monoisotopic (exact) mass is 562 g/mol. The Kier molecular flexibility index (Phi) is 6.65. The van der Waals surface area contributed by atoms with Crippen LogP contribution < -0.4 is 0 Å². The minimum absolute atomic E-state index is 0.0451. The van der Waals surface area contributed by atoms with E-state index in [2.05, 4.69) is 25.1 Å². The number of nitrogens with zero attached hydrogens (tertiary/aromatic N) is 6. The number of benzene rings is 2. The largest absolute Gasteiger partial charge is 0.419 e. The molecule has 0 bridgehead atoms. The third-order valence-corrected chi connectivity index (χ3v) is 7.46. The first-order valence-corrected chi connectivity index (χ1v) is 13.7. The Bertz CT molecular complexity index is 1800. The lowest BCUT2D eigenvalue weighted by Crippen LogP contribution is -2.23. The molecule has 0 unspecified atom stereocenters. The van der Waals surface area contributed by atoms with Gasteiger partial charge >= 0.3 is 0 Å². The lowest BCUT2D eigenvalue weighted by atomic mass is 9.95. The number of fused-ring (bicyclic) bond motifs is 1. The van der Waals surface area contributed by atoms with Crippen molar-refractivity contribution in [2.45, 2.75) is 44.1 Å². The van der Waals surface area contributed by atoms with Gasteiger partial charge in [-0.1, -0.05) is 54.6 Å². The molecule has 2 aliphatic rings. The number of alkyl halides is 2. The van der Waals surface area contributed by atoms with Crippen LogP contribution in [0.15, 0.2) is 88.7 Å². The maximum absolute atomic E-state index is 13.6. The van der Waals surface area contributed by atoms with E-state index < -0.39 is 12.5 Å². The number of hydrogen-bond acceptors (Lipinski definition) is 8. The molecule has 10 heteroatoms. The van der Waals surface area contributed by atoms with Crippen molar-refractivity contribution in [3.63, 3.8) is 0 Å². The third-order valence-electron chi connectivity index (χ3n) is 7.46. The fraction of sp³-hybridized carbons (Fsp3) is 0.219. The van der Waals surface area contributed by atoms with E-state index >= 15 is 0 Å². The van der Waals surface area contributed by atoms with Crippen LogP contribution in [0, 0.1) is 0 Å². The molecule has 0 saturated heterocycles. The smallest absolute Gasteiger partial charge is 0.266 e. The van der Waals surface area contributed by atoms with Crippen LogP contribution >= 0.6 is 0 Å². The lowest BCUT2D eigenvalue weighted by molar-refractivity contribution is -0.119. The normalized spacial score (nSPS) is 16.7. The second-order valence-electron chi connectivity index (χ2n) is 10.4. The molecule has 7 rings (SSSR count). The van der Waals surface area contributed by atoms with Gasteiger partial charge in [-0.15, -0.1) is 10.2 Å². The number of rotatable bonds is 7. The van der Waals surface area contributed by atoms with E-state index in [9.17, 15) is 13.6 Å². The number of Topliss-reactive ketones (excluding diaryl/α,β-unsaturated/α-hetero) is 1. The first-order valence-electron chi connectivity index (χ1n) is 13.7. The zero-order valence-corrected chi connectivity index (χ0v) is 22.3. The summed E-state index contributed by atoms with van der Waals surface area (Å²) in [6, 6.07) is 18.1. The van der Waals surface area contributed by atoms with Crippen LogP contribution in [0.4, 0.5) is 8.78 Å². The summed E-state index contributed by atoms with van der Waals surface area (Å²) in [5, 5.41) is 8.35. The van der Waals surface area contributed by atoms with E-state index in [1.165, 1.54) is 6.07 Å². The highest BCUT2D eigenvalue weighted by molar-refractivity contribution is 6.16. The van der Waals surface area contributed by atoms with E-state index in [0.29, 0.717) is 17.0 Å². The molecular formula is C32H24F2N6O2. The Hall–Kier alpha value is -4.99. The number of carbonyl (C=O) groups is 1. The van der Waals surface area contributed by atoms with Crippen molar-refractivity contribution in [2.75, 3.05) is 0 Å². The lowest BCUT2D eigenvalue weighted by Gasteiger charge is -2.10. The van der Waals surface area contributed by atoms with Crippen LogP contribution in [0.1, 0.15) is 59.2 Å². The fourth-order valence-corrected chi connectivity index (χ4v) is 5.11. The van der Waals surface area contributed by atoms with Crippen molar-refractivity contribution in [1.29, 1.82) is 0 Å². The Morgan fingerprint density at radius 2 is 1.62 bits per heavy atom. The minimum Gasteiger partial charge on any atom is -0.419 e. The Morgan fingerprint density at radius 1 is 0.857 bits per heavy atom. The minimum atomic E-state index is -2.71. The predicted octanol–water partition coefficient (Wildman–Crippen LogP) is 5.98. The highest BCUT2D eigenvalue weighted by atomic mass is 19.3. The maximum atomic E-state index is 13.6. The molecule has 8 nitrogen and oxygen atoms in total. The summed E-state index contributed by atoms with van der Waals surface area (Å²) in [4.78, 5) is 31.4. The molecule has 1 atom stereocenters. The number of halogens is 2. The van der Waals surface area contributed by atoms with Gasteiger partial charge in [0.15, 0.2) is 5.78 Å². The zero-order chi connectivity index (χ0) is 28.6. The van der Waals surface area contributed by atoms with Gasteiger partial charge in [-0.25, -0.2) is 23.7 Å². The molecule has 0 radical (unpaired) electrons. The second kappa shape index (κ2) is 10.8. The molecule has 0 amide bonds. The predicted molar refractivity (Wildman–Crippen MR) is 150 cm³/mol. The Balaban J connectivity index is 1.22. The van der Waals surface area contributed by atoms with E-state index in [1.54, 1.807) is 12.4 Å². The molecule has 0 spiro atoms. The summed E-state index contributed by atoms with van der Waals surface area (Å²) >= 11 is 0. The molecular weight excluding hydrogens is 538 g/mol. The number of carbonyl (C=O) groups excluding carboxylic acids is 1. The molecule has 0 N–H and O–H groups in total. The maximum Gasteiger partial charge on any atom is 0.266 e. The summed E-state index contributed by atoms with van der Waals surface area (Å²) in [5.74, 6) is 1.26. The van der Waals surface area contributed by atoms with Crippen LogP contribution in [0.25, 0.3) is 22.7 Å². The van der Waals surface area contributed by atoms with E-state index in [-0.39, 0.29) is 41.7 Å². The van der Waals surface area contributed by atoms with Crippen molar-refractivity contribution >= 4 is 11.5 Å². The highest BCUT2D eigenvalue weighted by Crippen LogP contribution is 2.39. The topological polar surface area (TPSA) is 107 Å². The summed E-state index contributed by atoms with van der Waals surface area (Å²) in [7, 11) is 0. The number of aromatic nitrogens is 5. The van der Waals surface area contributed by atoms with Crippen molar-refractivity contribution in [1.82, 2.24) is 25.1 Å². The van der Waals surface area contributed by atoms with Crippen LogP contribution in [0.5, 0.6) is 0 Å². The van der Waals surface area contributed by atoms with Crippen LogP contribution in [0.3, 0.4) is 0 Å². The molecule has 1 aliphatic heterocycles. The number of hydrogen-bond donors (Lipinski definition) is 0. The van der Waals surface area contributed by atoms with Gasteiger partial charge in [-0.05, 0) is 24.5 Å². The van der Waals surface area contributed by atoms with Gasteiger partial charge in [0, 0.05) is 58.7 Å². The van der Waals surface area contributed by atoms with Gasteiger partial charge in [0.25, 0.3) is 12.3 Å². The molecule has 42 heavy (non-hydrogen) atoms. The van der Waals surface area contributed by atoms with Gasteiger partial charge < -0.3 is 4.42 Å². The van der Waals surface area contributed by atoms with E-state index in [1.807, 2.05) is 54.6 Å². The molecule has 5 aromatic rings. The van der Waals surface area contributed by atoms with Gasteiger partial charge in [0.05, 0.1) is 12.1 Å². The average molecular weight is 563 g/mol. The molecule has 208 valence electrons. The zero-order valence-electron chi connectivity index (χ0n) is 22.3. The second-order valence-corrected chi connectivity index (χ2v) is 10.4. The molecule has 1 saturated carbocycles. The van der Waals surface area contributed by atoms with Crippen LogP contribution in [-0.4, -0.2) is 42.7 Å². The van der Waals surface area contributed by atoms with Gasteiger partial charge in [0.1, 0.15) is 17.6 Å². The fourth-order valence-electron chi connectivity index (χ4n) is 5.11. The van der Waals surface area contributed by atoms with Crippen LogP contribution in [-0.2, 0) is 17.6 Å². The highest BCUT2D eigenvalue weighted by Gasteiger charge is 2.29. The van der Waals surface area contributed by atoms with Crippen molar-refractivity contribution in [2.24, 2.45) is 4.99 Å². The first-order chi connectivity index (χ1) is 20.5. The number of ketones is 1. The molecule has 4 heterocycles. The quantitative estimate of drug-likeness (QED) is 0.240. The van der Waals surface area contributed by atoms with Crippen molar-refractivity contribution in [3.05, 3.63) is 113 Å². The third kappa shape index (κ3) is 5.11. The van der Waals surface area contributed by atoms with Gasteiger partial charge in [-0.3, -0.25) is 9.79 Å². The number of aliphatic imine (C=N–C) groups is 1. The Labute approximate surface area is 239 Å². The molecule has 2 aromatic carbocycles. The van der Waals surface area contributed by atoms with Crippen molar-refractivity contribution < 1.29 is 18.0 Å². The average Bonchev–Trinajstić information content (AvgIpc) is 3.79. The first kappa shape index (κ1) is 25.9. The molecule has 3 aromatic heterocycles. The van der Waals surface area contributed by atoms with Crippen LogP contribution in [0.2, 0.25) is 0 Å². The van der Waals surface area contributed by atoms with Crippen molar-refractivity contribution in [3.8, 4) is 22.7 Å². The van der Waals surface area contributed by atoms with E-state index in [0.717, 1.165) is 47.3 Å². The van der Waals surface area contributed by atoms with Gasteiger partial charge in [-0.2, -0.15) is 0 Å². The summed E-state index contributed by atoms with van der Waals surface area (Å²) in [6.45, 7) is 0. The van der Waals surface area contributed by atoms with Gasteiger partial charge in [0.2, 0.25) is 5.89 Å². The standard InChI is InChI=1S/C32H24F2N6O2/c33-30(34)21-12-24(22-16-36-31(37-17-22)19-10-11-19)29(35-15-21)32-40-39-27(42-32)14-25-26(41)13-20-8-4-5-9-23(20)28(38-25)18-6-2-1-3-7-18/h1-9,12,15-17,19,25,30H,10-11,13-14H2/t25-/m1/s1. The summed E-state index contributed by atoms with van der Waals surface area (Å²) in [5.41, 5.74) is 4.30. The summed E-state index contributed by atoms with van der Waals surface area (Å²) in [6.07, 6.45) is 3.99. The molecule has 1 aliphatic carbocycles. The number of pyridine rings is 1. The SMILES string of the molecule is O=C1Cc2ccccc2C(c2ccccc2)=N[C@@H]1Cc1nnc(-c2ncc(C(F)F)cc2-c2cnc(C3CC3)nc2)o1. The van der Waals surface area contributed by atoms with E-state index in [4.69, 9.17) is 9.41 Å². The summed E-state index contributed by atoms with van der Waals surface area (Å²) < 4.78 is 33.2. The Morgan fingerprint density at radius 3 is 2.38 bits per heavy atom.